The molecule has 1 N–H and O–H groups in total. The number of carbonyl (C=O) groups is 1. The van der Waals surface area contributed by atoms with Crippen LogP contribution in [-0.2, 0) is 11.3 Å². The quantitative estimate of drug-likeness (QED) is 0.834. The van der Waals surface area contributed by atoms with Gasteiger partial charge in [0.05, 0.1) is 18.2 Å². The maximum absolute atomic E-state index is 10.7. The summed E-state index contributed by atoms with van der Waals surface area (Å²) in [5.41, 5.74) is 0.206. The van der Waals surface area contributed by atoms with Gasteiger partial charge < -0.3 is 14.3 Å². The summed E-state index contributed by atoms with van der Waals surface area (Å²) in [6.45, 7) is 2.48. The summed E-state index contributed by atoms with van der Waals surface area (Å²) < 4.78 is 10.4. The molecule has 1 unspecified atom stereocenters. The second-order valence-corrected chi connectivity index (χ2v) is 3.99. The fraction of sp³-hybridized carbons (Fsp3) is 0.545. The monoisotopic (exact) mass is 225 g/mol. The van der Waals surface area contributed by atoms with Crippen molar-refractivity contribution in [2.45, 2.75) is 19.1 Å². The van der Waals surface area contributed by atoms with Gasteiger partial charge in [0.1, 0.15) is 12.0 Å². The standard InChI is InChI=1S/C11H15NO4/c1-15-9-2-3-12(5-9)6-10-4-8(7-16-10)11(13)14/h4,7,9H,2-3,5-6H2,1H3,(H,13,14). The van der Waals surface area contributed by atoms with E-state index >= 15 is 0 Å². The molecule has 2 heterocycles. The number of hydrogen-bond acceptors (Lipinski definition) is 4. The molecule has 88 valence electrons. The minimum Gasteiger partial charge on any atom is -0.478 e. The van der Waals surface area contributed by atoms with Gasteiger partial charge in [-0.25, -0.2) is 4.79 Å². The smallest absolute Gasteiger partial charge is 0.338 e. The van der Waals surface area contributed by atoms with E-state index in [4.69, 9.17) is 14.3 Å². The fourth-order valence-corrected chi connectivity index (χ4v) is 1.93. The van der Waals surface area contributed by atoms with Gasteiger partial charge in [-0.2, -0.15) is 0 Å². The van der Waals surface area contributed by atoms with Crippen LogP contribution < -0.4 is 0 Å². The third-order valence-corrected chi connectivity index (χ3v) is 2.84. The number of likely N-dealkylation sites (tertiary alicyclic amines) is 1. The van der Waals surface area contributed by atoms with Gasteiger partial charge in [-0.3, -0.25) is 4.90 Å². The summed E-state index contributed by atoms with van der Waals surface area (Å²) in [5.74, 6) is -0.264. The summed E-state index contributed by atoms with van der Waals surface area (Å²) in [4.78, 5) is 12.8. The van der Waals surface area contributed by atoms with E-state index < -0.39 is 5.97 Å². The van der Waals surface area contributed by atoms with Crippen molar-refractivity contribution in [1.29, 1.82) is 0 Å². The van der Waals surface area contributed by atoms with Crippen molar-refractivity contribution >= 4 is 5.97 Å². The molecule has 0 bridgehead atoms. The molecule has 0 amide bonds. The SMILES string of the molecule is COC1CCN(Cc2cc(C(=O)O)co2)C1. The molecule has 1 aliphatic rings. The minimum atomic E-state index is -0.953. The van der Waals surface area contributed by atoms with Crippen molar-refractivity contribution < 1.29 is 19.1 Å². The lowest BCUT2D eigenvalue weighted by Gasteiger charge is -2.13. The van der Waals surface area contributed by atoms with Crippen molar-refractivity contribution in [2.75, 3.05) is 20.2 Å². The zero-order chi connectivity index (χ0) is 11.5. The Bertz CT molecular complexity index is 374. The molecule has 1 saturated heterocycles. The number of carboxylic acid groups (broad SMARTS) is 1. The number of methoxy groups -OCH3 is 1. The summed E-state index contributed by atoms with van der Waals surface area (Å²) >= 11 is 0. The lowest BCUT2D eigenvalue weighted by Crippen LogP contribution is -2.22. The highest BCUT2D eigenvalue weighted by atomic mass is 16.5. The summed E-state index contributed by atoms with van der Waals surface area (Å²) in [7, 11) is 1.71. The number of aromatic carboxylic acids is 1. The van der Waals surface area contributed by atoms with Crippen LogP contribution in [0.2, 0.25) is 0 Å². The van der Waals surface area contributed by atoms with Crippen LogP contribution in [-0.4, -0.2) is 42.3 Å². The van der Waals surface area contributed by atoms with Crippen LogP contribution in [0.4, 0.5) is 0 Å². The second-order valence-electron chi connectivity index (χ2n) is 3.99. The molecule has 0 aromatic carbocycles. The van der Waals surface area contributed by atoms with Gasteiger partial charge in [0.15, 0.2) is 0 Å². The zero-order valence-corrected chi connectivity index (χ0v) is 9.18. The minimum absolute atomic E-state index is 0.206. The fourth-order valence-electron chi connectivity index (χ4n) is 1.93. The van der Waals surface area contributed by atoms with E-state index in [0.717, 1.165) is 19.5 Å². The predicted molar refractivity (Wildman–Crippen MR) is 56.4 cm³/mol. The van der Waals surface area contributed by atoms with Gasteiger partial charge in [-0.05, 0) is 12.5 Å². The molecule has 1 aromatic rings. The number of carboxylic acids is 1. The molecule has 0 radical (unpaired) electrons. The predicted octanol–water partition coefficient (Wildman–Crippen LogP) is 1.20. The first kappa shape index (κ1) is 11.2. The Morgan fingerprint density at radius 3 is 3.12 bits per heavy atom. The molecule has 2 rings (SSSR count). The highest BCUT2D eigenvalue weighted by molar-refractivity contribution is 5.87. The maximum atomic E-state index is 10.7. The average Bonchev–Trinajstić information content (AvgIpc) is 2.87. The number of rotatable bonds is 4. The Morgan fingerprint density at radius 1 is 1.75 bits per heavy atom. The first-order chi connectivity index (χ1) is 7.69. The molecule has 1 fully saturated rings. The molecule has 0 aliphatic carbocycles. The van der Waals surface area contributed by atoms with Crippen molar-refractivity contribution in [1.82, 2.24) is 4.90 Å². The van der Waals surface area contributed by atoms with E-state index in [-0.39, 0.29) is 11.7 Å². The maximum Gasteiger partial charge on any atom is 0.338 e. The number of nitrogens with zero attached hydrogens (tertiary/aromatic N) is 1. The van der Waals surface area contributed by atoms with Crippen LogP contribution in [0.1, 0.15) is 22.5 Å². The Hall–Kier alpha value is -1.33. The normalized spacial score (nSPS) is 21.4. The van der Waals surface area contributed by atoms with Crippen molar-refractivity contribution in [2.24, 2.45) is 0 Å². The van der Waals surface area contributed by atoms with Gasteiger partial charge in [0.25, 0.3) is 0 Å². The lowest BCUT2D eigenvalue weighted by molar-refractivity contribution is 0.0696. The van der Waals surface area contributed by atoms with Crippen LogP contribution in [0.5, 0.6) is 0 Å². The number of ether oxygens (including phenoxy) is 1. The topological polar surface area (TPSA) is 62.9 Å². The Labute approximate surface area is 93.6 Å². The van der Waals surface area contributed by atoms with Crippen LogP contribution in [0, 0.1) is 0 Å². The summed E-state index contributed by atoms with van der Waals surface area (Å²) in [5, 5.41) is 8.75. The van der Waals surface area contributed by atoms with E-state index in [9.17, 15) is 4.79 Å². The van der Waals surface area contributed by atoms with Crippen LogP contribution in [0.25, 0.3) is 0 Å². The highest BCUT2D eigenvalue weighted by Crippen LogP contribution is 2.16. The Balaban J connectivity index is 1.92. The lowest BCUT2D eigenvalue weighted by atomic mass is 10.3. The molecule has 0 spiro atoms. The summed E-state index contributed by atoms with van der Waals surface area (Å²) in [6.07, 6.45) is 2.58. The first-order valence-corrected chi connectivity index (χ1v) is 5.25. The molecule has 16 heavy (non-hydrogen) atoms. The van der Waals surface area contributed by atoms with E-state index in [1.165, 1.54) is 6.26 Å². The zero-order valence-electron chi connectivity index (χ0n) is 9.18. The summed E-state index contributed by atoms with van der Waals surface area (Å²) in [6, 6.07) is 1.57. The van der Waals surface area contributed by atoms with E-state index in [2.05, 4.69) is 4.90 Å². The molecule has 5 nitrogen and oxygen atoms in total. The first-order valence-electron chi connectivity index (χ1n) is 5.25. The molecule has 0 saturated carbocycles. The van der Waals surface area contributed by atoms with E-state index in [1.807, 2.05) is 0 Å². The van der Waals surface area contributed by atoms with Crippen LogP contribution in [0.3, 0.4) is 0 Å². The van der Waals surface area contributed by atoms with Crippen molar-refractivity contribution in [3.63, 3.8) is 0 Å². The van der Waals surface area contributed by atoms with Gasteiger partial charge in [-0.15, -0.1) is 0 Å². The molecule has 1 atom stereocenters. The van der Waals surface area contributed by atoms with Gasteiger partial charge >= 0.3 is 5.97 Å². The van der Waals surface area contributed by atoms with E-state index in [0.29, 0.717) is 12.3 Å². The van der Waals surface area contributed by atoms with Crippen LogP contribution in [0.15, 0.2) is 16.7 Å². The number of furan rings is 1. The molecule has 5 heteroatoms. The largest absolute Gasteiger partial charge is 0.478 e. The molecule has 1 aromatic heterocycles. The Morgan fingerprint density at radius 2 is 2.56 bits per heavy atom. The van der Waals surface area contributed by atoms with Crippen molar-refractivity contribution in [3.05, 3.63) is 23.7 Å². The van der Waals surface area contributed by atoms with Crippen molar-refractivity contribution in [3.8, 4) is 0 Å². The molecule has 1 aliphatic heterocycles. The van der Waals surface area contributed by atoms with Crippen LogP contribution >= 0.6 is 0 Å². The van der Waals surface area contributed by atoms with Gasteiger partial charge in [0.2, 0.25) is 0 Å². The average molecular weight is 225 g/mol. The highest BCUT2D eigenvalue weighted by Gasteiger charge is 2.23. The second kappa shape index (κ2) is 4.67. The van der Waals surface area contributed by atoms with Gasteiger partial charge in [0, 0.05) is 20.2 Å². The van der Waals surface area contributed by atoms with Gasteiger partial charge in [-0.1, -0.05) is 0 Å². The molecular weight excluding hydrogens is 210 g/mol. The Kier molecular flexibility index (Phi) is 3.26. The number of hydrogen-bond donors (Lipinski definition) is 1. The third kappa shape index (κ3) is 2.43. The van der Waals surface area contributed by atoms with E-state index in [1.54, 1.807) is 13.2 Å². The molecular formula is C11H15NO4. The third-order valence-electron chi connectivity index (χ3n) is 2.84.